The predicted octanol–water partition coefficient (Wildman–Crippen LogP) is 3.96. The van der Waals surface area contributed by atoms with E-state index in [9.17, 15) is 13.2 Å². The van der Waals surface area contributed by atoms with Gasteiger partial charge in [-0.25, -0.2) is 8.42 Å². The smallest absolute Gasteiger partial charge is 0.265 e. The quantitative estimate of drug-likeness (QED) is 0.527. The van der Waals surface area contributed by atoms with Gasteiger partial charge in [-0.15, -0.1) is 0 Å². The second kappa shape index (κ2) is 9.33. The third-order valence-electron chi connectivity index (χ3n) is 5.37. The van der Waals surface area contributed by atoms with Crippen molar-refractivity contribution in [2.75, 3.05) is 25.0 Å². The maximum atomic E-state index is 13.4. The average molecular weight is 487 g/mol. The van der Waals surface area contributed by atoms with Crippen LogP contribution in [0, 0.1) is 0 Å². The van der Waals surface area contributed by atoms with Crippen molar-refractivity contribution in [2.24, 2.45) is 0 Å². The Bertz CT molecular complexity index is 1250. The summed E-state index contributed by atoms with van der Waals surface area (Å²) in [6, 6.07) is 20.1. The maximum absolute atomic E-state index is 13.4. The minimum absolute atomic E-state index is 0.0846. The van der Waals surface area contributed by atoms with Gasteiger partial charge in [0.05, 0.1) is 24.2 Å². The number of ether oxygens (including phenoxy) is 2. The standard InChI is InChI=1S/C24H23ClN2O5S/c1-26(15-17-7-11-19(31-2)12-8-17)24(28)23-16-27(21-5-3-4-6-22(21)32-23)33(29,30)20-13-9-18(25)10-14-20/h3-14,23H,15-16H2,1-2H3. The summed E-state index contributed by atoms with van der Waals surface area (Å²) < 4.78 is 39.2. The predicted molar refractivity (Wildman–Crippen MR) is 126 cm³/mol. The Morgan fingerprint density at radius 3 is 2.42 bits per heavy atom. The summed E-state index contributed by atoms with van der Waals surface area (Å²) in [5.74, 6) is 0.733. The first kappa shape index (κ1) is 22.9. The highest BCUT2D eigenvalue weighted by Crippen LogP contribution is 2.37. The lowest BCUT2D eigenvalue weighted by Crippen LogP contribution is -2.50. The van der Waals surface area contributed by atoms with Gasteiger partial charge in [-0.3, -0.25) is 9.10 Å². The van der Waals surface area contributed by atoms with E-state index >= 15 is 0 Å². The van der Waals surface area contributed by atoms with Gasteiger partial charge in [-0.2, -0.15) is 0 Å². The molecule has 0 radical (unpaired) electrons. The number of fused-ring (bicyclic) bond motifs is 1. The van der Waals surface area contributed by atoms with Gasteiger partial charge < -0.3 is 14.4 Å². The summed E-state index contributed by atoms with van der Waals surface area (Å²) in [7, 11) is -0.690. The number of likely N-dealkylation sites (N-methyl/N-ethyl adjacent to an activating group) is 1. The summed E-state index contributed by atoms with van der Waals surface area (Å²) in [5, 5.41) is 0.435. The first-order chi connectivity index (χ1) is 15.8. The number of nitrogens with zero attached hydrogens (tertiary/aromatic N) is 2. The van der Waals surface area contributed by atoms with Crippen LogP contribution in [0.2, 0.25) is 5.02 Å². The molecule has 3 aromatic carbocycles. The number of methoxy groups -OCH3 is 1. The van der Waals surface area contributed by atoms with Crippen LogP contribution in [0.4, 0.5) is 5.69 Å². The van der Waals surface area contributed by atoms with Crippen LogP contribution >= 0.6 is 11.6 Å². The largest absolute Gasteiger partial charge is 0.497 e. The van der Waals surface area contributed by atoms with Gasteiger partial charge in [-0.1, -0.05) is 35.9 Å². The van der Waals surface area contributed by atoms with Crippen molar-refractivity contribution >= 4 is 33.2 Å². The Morgan fingerprint density at radius 1 is 1.09 bits per heavy atom. The second-order valence-electron chi connectivity index (χ2n) is 7.61. The molecule has 0 saturated heterocycles. The lowest BCUT2D eigenvalue weighted by Gasteiger charge is -2.36. The summed E-state index contributed by atoms with van der Waals surface area (Å²) in [6.45, 7) is 0.196. The molecule has 1 heterocycles. The van der Waals surface area contributed by atoms with Crippen LogP contribution in [0.5, 0.6) is 11.5 Å². The zero-order valence-electron chi connectivity index (χ0n) is 18.1. The first-order valence-corrected chi connectivity index (χ1v) is 12.0. The normalized spacial score (nSPS) is 15.4. The van der Waals surface area contributed by atoms with Crippen LogP contribution in [-0.4, -0.2) is 46.0 Å². The number of rotatable bonds is 6. The van der Waals surface area contributed by atoms with E-state index in [1.807, 2.05) is 24.3 Å². The van der Waals surface area contributed by atoms with Crippen molar-refractivity contribution in [3.8, 4) is 11.5 Å². The van der Waals surface area contributed by atoms with E-state index < -0.39 is 16.1 Å². The van der Waals surface area contributed by atoms with E-state index in [4.69, 9.17) is 21.1 Å². The Labute approximate surface area is 198 Å². The van der Waals surface area contributed by atoms with E-state index in [1.54, 1.807) is 38.4 Å². The number of sulfonamides is 1. The monoisotopic (exact) mass is 486 g/mol. The summed E-state index contributed by atoms with van der Waals surface area (Å²) in [4.78, 5) is 14.8. The highest BCUT2D eigenvalue weighted by Gasteiger charge is 2.38. The molecule has 172 valence electrons. The number of amides is 1. The second-order valence-corrected chi connectivity index (χ2v) is 9.91. The number of benzene rings is 3. The molecule has 3 aromatic rings. The Hall–Kier alpha value is -3.23. The molecule has 0 bridgehead atoms. The van der Waals surface area contributed by atoms with Crippen LogP contribution in [0.25, 0.3) is 0 Å². The first-order valence-electron chi connectivity index (χ1n) is 10.2. The van der Waals surface area contributed by atoms with Gasteiger partial charge in [0.15, 0.2) is 6.10 Å². The van der Waals surface area contributed by atoms with Crippen LogP contribution in [-0.2, 0) is 21.4 Å². The highest BCUT2D eigenvalue weighted by atomic mass is 35.5. The molecule has 0 aromatic heterocycles. The molecule has 0 spiro atoms. The number of hydrogen-bond donors (Lipinski definition) is 0. The minimum Gasteiger partial charge on any atom is -0.497 e. The van der Waals surface area contributed by atoms with E-state index in [-0.39, 0.29) is 17.3 Å². The number of carbonyl (C=O) groups is 1. The third-order valence-corrected chi connectivity index (χ3v) is 7.41. The highest BCUT2D eigenvalue weighted by molar-refractivity contribution is 7.92. The molecule has 4 rings (SSSR count). The summed E-state index contributed by atoms with van der Waals surface area (Å²) >= 11 is 5.93. The molecule has 1 aliphatic rings. The zero-order valence-corrected chi connectivity index (χ0v) is 19.7. The molecule has 1 unspecified atom stereocenters. The Balaban J connectivity index is 1.60. The summed E-state index contributed by atoms with van der Waals surface area (Å²) in [5.41, 5.74) is 1.29. The number of carbonyl (C=O) groups excluding carboxylic acids is 1. The fourth-order valence-electron chi connectivity index (χ4n) is 3.62. The molecule has 1 aliphatic heterocycles. The van der Waals surface area contributed by atoms with Crippen molar-refractivity contribution in [1.29, 1.82) is 0 Å². The van der Waals surface area contributed by atoms with Crippen molar-refractivity contribution in [1.82, 2.24) is 4.90 Å². The van der Waals surface area contributed by atoms with Gasteiger partial charge in [0.25, 0.3) is 15.9 Å². The minimum atomic E-state index is -3.94. The van der Waals surface area contributed by atoms with Gasteiger partial charge in [0.1, 0.15) is 11.5 Å². The third kappa shape index (κ3) is 4.77. The molecule has 9 heteroatoms. The summed E-state index contributed by atoms with van der Waals surface area (Å²) in [6.07, 6.45) is -0.995. The lowest BCUT2D eigenvalue weighted by molar-refractivity contribution is -0.137. The molecule has 0 N–H and O–H groups in total. The average Bonchev–Trinajstić information content (AvgIpc) is 2.83. The fraction of sp³-hybridized carbons (Fsp3) is 0.208. The lowest BCUT2D eigenvalue weighted by atomic mass is 10.1. The fourth-order valence-corrected chi connectivity index (χ4v) is 5.22. The molecule has 0 fully saturated rings. The maximum Gasteiger partial charge on any atom is 0.265 e. The van der Waals surface area contributed by atoms with Gasteiger partial charge in [0.2, 0.25) is 0 Å². The Kier molecular flexibility index (Phi) is 6.49. The van der Waals surface area contributed by atoms with Gasteiger partial charge in [0, 0.05) is 18.6 Å². The van der Waals surface area contributed by atoms with E-state index in [2.05, 4.69) is 0 Å². The van der Waals surface area contributed by atoms with Gasteiger partial charge >= 0.3 is 0 Å². The van der Waals surface area contributed by atoms with Crippen molar-refractivity contribution < 1.29 is 22.7 Å². The number of hydrogen-bond acceptors (Lipinski definition) is 5. The van der Waals surface area contributed by atoms with Crippen molar-refractivity contribution in [3.63, 3.8) is 0 Å². The number of para-hydroxylation sites is 2. The topological polar surface area (TPSA) is 76.2 Å². The van der Waals surface area contributed by atoms with Crippen molar-refractivity contribution in [3.05, 3.63) is 83.4 Å². The van der Waals surface area contributed by atoms with E-state index in [1.165, 1.54) is 33.5 Å². The molecule has 7 nitrogen and oxygen atoms in total. The molecular formula is C24H23ClN2O5S. The number of halogens is 1. The van der Waals surface area contributed by atoms with Crippen LogP contribution in [0.1, 0.15) is 5.56 Å². The van der Waals surface area contributed by atoms with E-state index in [0.29, 0.717) is 23.0 Å². The van der Waals surface area contributed by atoms with Crippen LogP contribution < -0.4 is 13.8 Å². The Morgan fingerprint density at radius 2 is 1.76 bits per heavy atom. The van der Waals surface area contributed by atoms with Crippen LogP contribution in [0.3, 0.4) is 0 Å². The van der Waals surface area contributed by atoms with Crippen molar-refractivity contribution in [2.45, 2.75) is 17.5 Å². The zero-order chi connectivity index (χ0) is 23.6. The molecular weight excluding hydrogens is 464 g/mol. The molecule has 0 saturated carbocycles. The SMILES string of the molecule is COc1ccc(CN(C)C(=O)C2CN(S(=O)(=O)c3ccc(Cl)cc3)c3ccccc3O2)cc1. The van der Waals surface area contributed by atoms with E-state index in [0.717, 1.165) is 11.3 Å². The molecule has 33 heavy (non-hydrogen) atoms. The van der Waals surface area contributed by atoms with Crippen LogP contribution in [0.15, 0.2) is 77.7 Å². The molecule has 1 amide bonds. The molecule has 1 atom stereocenters. The van der Waals surface area contributed by atoms with Gasteiger partial charge in [-0.05, 0) is 54.1 Å². The number of anilines is 1. The molecule has 0 aliphatic carbocycles.